The summed E-state index contributed by atoms with van der Waals surface area (Å²) in [6, 6.07) is 13.4. The van der Waals surface area contributed by atoms with Gasteiger partial charge in [0.2, 0.25) is 5.91 Å². The minimum Gasteiger partial charge on any atom is -0.423 e. The van der Waals surface area contributed by atoms with Crippen LogP contribution in [0.5, 0.6) is 0 Å². The summed E-state index contributed by atoms with van der Waals surface area (Å²) in [7, 11) is 0. The largest absolute Gasteiger partial charge is 0.423 e. The van der Waals surface area contributed by atoms with Gasteiger partial charge < -0.3 is 9.73 Å². The van der Waals surface area contributed by atoms with E-state index >= 15 is 0 Å². The Morgan fingerprint density at radius 1 is 1.07 bits per heavy atom. The van der Waals surface area contributed by atoms with Gasteiger partial charge in [0.1, 0.15) is 5.58 Å². The zero-order valence-electron chi connectivity index (χ0n) is 15.8. The Morgan fingerprint density at radius 2 is 1.81 bits per heavy atom. The highest BCUT2D eigenvalue weighted by molar-refractivity contribution is 7.99. The molecule has 140 valence electrons. The summed E-state index contributed by atoms with van der Waals surface area (Å²) >= 11 is 1.48. The molecule has 3 aromatic rings. The van der Waals surface area contributed by atoms with E-state index in [2.05, 4.69) is 18.3 Å². The van der Waals surface area contributed by atoms with Crippen LogP contribution in [0.25, 0.3) is 11.0 Å². The van der Waals surface area contributed by atoms with Crippen molar-refractivity contribution in [3.05, 3.63) is 75.1 Å². The van der Waals surface area contributed by atoms with Gasteiger partial charge in [0.05, 0.1) is 5.75 Å². The molecule has 1 amide bonds. The smallest absolute Gasteiger partial charge is 0.336 e. The van der Waals surface area contributed by atoms with Crippen molar-refractivity contribution in [2.75, 3.05) is 11.1 Å². The molecule has 5 heteroatoms. The molecular formula is C22H23NO3S. The fourth-order valence-corrected chi connectivity index (χ4v) is 3.93. The number of aryl methyl sites for hydroxylation is 3. The van der Waals surface area contributed by atoms with Crippen LogP contribution in [0.1, 0.15) is 29.2 Å². The highest BCUT2D eigenvalue weighted by Gasteiger charge is 2.09. The average molecular weight is 381 g/mol. The van der Waals surface area contributed by atoms with Crippen LogP contribution in [0.4, 0.5) is 5.69 Å². The number of carbonyl (C=O) groups excluding carboxylic acids is 1. The number of hydrogen-bond acceptors (Lipinski definition) is 4. The van der Waals surface area contributed by atoms with Crippen LogP contribution in [-0.2, 0) is 17.0 Å². The Balaban J connectivity index is 1.66. The van der Waals surface area contributed by atoms with Gasteiger partial charge in [-0.1, -0.05) is 25.1 Å². The minimum atomic E-state index is -0.356. The highest BCUT2D eigenvalue weighted by atomic mass is 32.2. The number of fused-ring (bicyclic) bond motifs is 1. The molecule has 0 aliphatic rings. The van der Waals surface area contributed by atoms with Crippen molar-refractivity contribution in [3.63, 3.8) is 0 Å². The van der Waals surface area contributed by atoms with Gasteiger partial charge in [0.25, 0.3) is 0 Å². The lowest BCUT2D eigenvalue weighted by Crippen LogP contribution is -2.14. The predicted molar refractivity (Wildman–Crippen MR) is 113 cm³/mol. The fourth-order valence-electron chi connectivity index (χ4n) is 3.11. The summed E-state index contributed by atoms with van der Waals surface area (Å²) < 4.78 is 5.33. The summed E-state index contributed by atoms with van der Waals surface area (Å²) in [6.45, 7) is 6.08. The Labute approximate surface area is 163 Å². The highest BCUT2D eigenvalue weighted by Crippen LogP contribution is 2.23. The van der Waals surface area contributed by atoms with Crippen molar-refractivity contribution in [3.8, 4) is 0 Å². The molecule has 1 aromatic heterocycles. The van der Waals surface area contributed by atoms with E-state index in [0.29, 0.717) is 17.1 Å². The second kappa shape index (κ2) is 8.44. The lowest BCUT2D eigenvalue weighted by Gasteiger charge is -2.09. The lowest BCUT2D eigenvalue weighted by atomic mass is 10.1. The van der Waals surface area contributed by atoms with Gasteiger partial charge in [-0.25, -0.2) is 4.79 Å². The predicted octanol–water partition coefficient (Wildman–Crippen LogP) is 4.84. The number of nitrogens with one attached hydrogen (secondary N) is 1. The second-order valence-electron chi connectivity index (χ2n) is 6.69. The molecule has 0 fully saturated rings. The van der Waals surface area contributed by atoms with Crippen molar-refractivity contribution >= 4 is 34.3 Å². The molecule has 0 saturated carbocycles. The molecule has 0 unspecified atom stereocenters. The molecule has 0 saturated heterocycles. The molecule has 1 heterocycles. The van der Waals surface area contributed by atoms with Crippen molar-refractivity contribution < 1.29 is 9.21 Å². The standard InChI is InChI=1S/C22H23NO3S/c1-4-16-5-6-19-17(11-22(25)26-20(19)10-16)12-27-13-21(24)23-18-8-14(2)7-15(3)9-18/h5-11H,4,12-13H2,1-3H3,(H,23,24). The normalized spacial score (nSPS) is 10.9. The quantitative estimate of drug-likeness (QED) is 0.621. The van der Waals surface area contributed by atoms with E-state index in [0.717, 1.165) is 39.7 Å². The van der Waals surface area contributed by atoms with Gasteiger partial charge >= 0.3 is 5.63 Å². The minimum absolute atomic E-state index is 0.0504. The van der Waals surface area contributed by atoms with Crippen LogP contribution < -0.4 is 10.9 Å². The van der Waals surface area contributed by atoms with E-state index in [1.54, 1.807) is 0 Å². The number of anilines is 1. The Morgan fingerprint density at radius 3 is 2.52 bits per heavy atom. The average Bonchev–Trinajstić information content (AvgIpc) is 2.60. The van der Waals surface area contributed by atoms with Crippen LogP contribution in [0.2, 0.25) is 0 Å². The van der Waals surface area contributed by atoms with Crippen LogP contribution in [0.3, 0.4) is 0 Å². The molecule has 0 atom stereocenters. The third kappa shape index (κ3) is 5.01. The van der Waals surface area contributed by atoms with Gasteiger partial charge in [-0.05, 0) is 60.7 Å². The van der Waals surface area contributed by atoms with Gasteiger partial charge in [-0.15, -0.1) is 11.8 Å². The first-order valence-corrected chi connectivity index (χ1v) is 10.1. The molecule has 0 bridgehead atoms. The zero-order valence-corrected chi connectivity index (χ0v) is 16.6. The van der Waals surface area contributed by atoms with Gasteiger partial charge in [-0.3, -0.25) is 4.79 Å². The summed E-state index contributed by atoms with van der Waals surface area (Å²) in [5.41, 5.74) is 5.33. The molecule has 0 aliphatic carbocycles. The topological polar surface area (TPSA) is 59.3 Å². The zero-order chi connectivity index (χ0) is 19.4. The first-order valence-electron chi connectivity index (χ1n) is 8.96. The molecule has 0 aliphatic heterocycles. The molecule has 27 heavy (non-hydrogen) atoms. The second-order valence-corrected chi connectivity index (χ2v) is 7.68. The number of amides is 1. The third-order valence-electron chi connectivity index (χ3n) is 4.30. The first-order chi connectivity index (χ1) is 12.9. The summed E-state index contributed by atoms with van der Waals surface area (Å²) in [4.78, 5) is 24.1. The Bertz CT molecular complexity index is 1020. The SMILES string of the molecule is CCc1ccc2c(CSCC(=O)Nc3cc(C)cc(C)c3)cc(=O)oc2c1. The monoisotopic (exact) mass is 381 g/mol. The maximum atomic E-state index is 12.2. The van der Waals surface area contributed by atoms with E-state index < -0.39 is 0 Å². The molecule has 2 aromatic carbocycles. The molecule has 4 nitrogen and oxygen atoms in total. The molecule has 0 spiro atoms. The lowest BCUT2D eigenvalue weighted by molar-refractivity contribution is -0.113. The first kappa shape index (κ1) is 19.2. The molecule has 0 radical (unpaired) electrons. The van der Waals surface area contributed by atoms with E-state index in [1.807, 2.05) is 44.2 Å². The number of rotatable bonds is 6. The fraction of sp³-hybridized carbons (Fsp3) is 0.273. The number of benzene rings is 2. The van der Waals surface area contributed by atoms with Crippen molar-refractivity contribution in [2.24, 2.45) is 0 Å². The number of thioether (sulfide) groups is 1. The molecule has 1 N–H and O–H groups in total. The maximum Gasteiger partial charge on any atom is 0.336 e. The van der Waals surface area contributed by atoms with Crippen LogP contribution in [-0.4, -0.2) is 11.7 Å². The Kier molecular flexibility index (Phi) is 6.01. The number of hydrogen-bond donors (Lipinski definition) is 1. The van der Waals surface area contributed by atoms with E-state index in [-0.39, 0.29) is 11.5 Å². The summed E-state index contributed by atoms with van der Waals surface area (Å²) in [6.07, 6.45) is 0.886. The summed E-state index contributed by atoms with van der Waals surface area (Å²) in [5.74, 6) is 0.848. The van der Waals surface area contributed by atoms with Crippen LogP contribution in [0.15, 0.2) is 51.7 Å². The van der Waals surface area contributed by atoms with Gasteiger partial charge in [0.15, 0.2) is 0 Å². The van der Waals surface area contributed by atoms with Crippen molar-refractivity contribution in [1.82, 2.24) is 0 Å². The van der Waals surface area contributed by atoms with Crippen LogP contribution in [0, 0.1) is 13.8 Å². The van der Waals surface area contributed by atoms with Crippen molar-refractivity contribution in [2.45, 2.75) is 32.9 Å². The number of carbonyl (C=O) groups is 1. The maximum absolute atomic E-state index is 12.2. The van der Waals surface area contributed by atoms with E-state index in [9.17, 15) is 9.59 Å². The van der Waals surface area contributed by atoms with Crippen molar-refractivity contribution in [1.29, 1.82) is 0 Å². The van der Waals surface area contributed by atoms with Gasteiger partial charge in [-0.2, -0.15) is 0 Å². The van der Waals surface area contributed by atoms with Crippen LogP contribution >= 0.6 is 11.8 Å². The Hall–Kier alpha value is -2.53. The molecular weight excluding hydrogens is 358 g/mol. The van der Waals surface area contributed by atoms with E-state index in [1.165, 1.54) is 17.8 Å². The van der Waals surface area contributed by atoms with E-state index in [4.69, 9.17) is 4.42 Å². The summed E-state index contributed by atoms with van der Waals surface area (Å²) in [5, 5.41) is 3.86. The molecule has 3 rings (SSSR count). The van der Waals surface area contributed by atoms with Gasteiger partial charge in [0, 0.05) is 22.9 Å². The third-order valence-corrected chi connectivity index (χ3v) is 5.28.